The molecule has 1 aromatic carbocycles. The Kier molecular flexibility index (Phi) is 6.08. The first-order valence-corrected chi connectivity index (χ1v) is 9.86. The number of thiophene rings is 1. The average molecular weight is 405 g/mol. The van der Waals surface area contributed by atoms with Crippen LogP contribution >= 0.6 is 23.6 Å². The summed E-state index contributed by atoms with van der Waals surface area (Å²) in [6.45, 7) is 0. The molecule has 0 saturated heterocycles. The van der Waals surface area contributed by atoms with Crippen molar-refractivity contribution in [3.8, 4) is 0 Å². The lowest BCUT2D eigenvalue weighted by atomic mass is 10.1. The summed E-state index contributed by atoms with van der Waals surface area (Å²) in [6.07, 6.45) is 5.13. The van der Waals surface area contributed by atoms with Crippen LogP contribution in [-0.4, -0.2) is 29.3 Å². The third-order valence-electron chi connectivity index (χ3n) is 4.41. The van der Waals surface area contributed by atoms with Gasteiger partial charge in [0.25, 0.3) is 0 Å². The molecule has 0 saturated carbocycles. The van der Waals surface area contributed by atoms with Gasteiger partial charge in [0.05, 0.1) is 18.2 Å². The standard InChI is InChI=1S/C19H20N2O4S2/c1-25-18(24)15-13-8-3-2-4-9-14(13)27-16(15)21-19(26)20-12-7-5-6-11(10-12)17(22)23/h5-7,10H,2-4,8-9H2,1H3,(H,22,23)(H2,20,21,26). The Bertz CT molecular complexity index is 892. The SMILES string of the molecule is COC(=O)c1c(NC(=S)Nc2cccc(C(=O)O)c2)sc2c1CCCCC2. The molecule has 0 amide bonds. The van der Waals surface area contributed by atoms with Gasteiger partial charge in [-0.1, -0.05) is 12.5 Å². The average Bonchev–Trinajstić information content (AvgIpc) is 2.82. The number of aromatic carboxylic acids is 1. The number of nitrogens with one attached hydrogen (secondary N) is 2. The van der Waals surface area contributed by atoms with Gasteiger partial charge in [0, 0.05) is 10.6 Å². The molecule has 0 fully saturated rings. The van der Waals surface area contributed by atoms with Crippen molar-refractivity contribution in [2.45, 2.75) is 32.1 Å². The molecule has 0 unspecified atom stereocenters. The third kappa shape index (κ3) is 4.45. The minimum Gasteiger partial charge on any atom is -0.478 e. The van der Waals surface area contributed by atoms with Gasteiger partial charge in [-0.2, -0.15) is 0 Å². The van der Waals surface area contributed by atoms with Crippen molar-refractivity contribution in [1.29, 1.82) is 0 Å². The number of carboxylic acids is 1. The van der Waals surface area contributed by atoms with E-state index in [1.165, 1.54) is 35.5 Å². The van der Waals surface area contributed by atoms with Crippen LogP contribution in [0.3, 0.4) is 0 Å². The van der Waals surface area contributed by atoms with Crippen LogP contribution in [0, 0.1) is 0 Å². The highest BCUT2D eigenvalue weighted by Gasteiger charge is 2.25. The fourth-order valence-electron chi connectivity index (χ4n) is 3.14. The molecule has 142 valence electrons. The van der Waals surface area contributed by atoms with Crippen LogP contribution in [0.15, 0.2) is 24.3 Å². The van der Waals surface area contributed by atoms with Crippen molar-refractivity contribution in [3.63, 3.8) is 0 Å². The number of fused-ring (bicyclic) bond motifs is 1. The Morgan fingerprint density at radius 1 is 1.19 bits per heavy atom. The van der Waals surface area contributed by atoms with E-state index in [9.17, 15) is 9.59 Å². The molecule has 0 aliphatic heterocycles. The summed E-state index contributed by atoms with van der Waals surface area (Å²) in [7, 11) is 1.38. The van der Waals surface area contributed by atoms with Gasteiger partial charge < -0.3 is 20.5 Å². The lowest BCUT2D eigenvalue weighted by Gasteiger charge is -2.11. The number of hydrogen-bond acceptors (Lipinski definition) is 5. The van der Waals surface area contributed by atoms with Crippen LogP contribution in [-0.2, 0) is 17.6 Å². The summed E-state index contributed by atoms with van der Waals surface area (Å²) in [5.74, 6) is -1.37. The number of esters is 1. The van der Waals surface area contributed by atoms with Gasteiger partial charge in [-0.15, -0.1) is 11.3 Å². The maximum Gasteiger partial charge on any atom is 0.341 e. The van der Waals surface area contributed by atoms with Gasteiger partial charge in [-0.25, -0.2) is 9.59 Å². The van der Waals surface area contributed by atoms with Crippen molar-refractivity contribution < 1.29 is 19.4 Å². The quantitative estimate of drug-likeness (QED) is 0.397. The molecule has 1 heterocycles. The molecule has 2 aromatic rings. The largest absolute Gasteiger partial charge is 0.478 e. The molecule has 0 radical (unpaired) electrons. The zero-order valence-corrected chi connectivity index (χ0v) is 16.5. The molecule has 6 nitrogen and oxygen atoms in total. The smallest absolute Gasteiger partial charge is 0.341 e. The molecule has 0 spiro atoms. The zero-order chi connectivity index (χ0) is 19.4. The molecule has 0 bridgehead atoms. The topological polar surface area (TPSA) is 87.7 Å². The number of thiocarbonyl (C=S) groups is 1. The summed E-state index contributed by atoms with van der Waals surface area (Å²) < 4.78 is 4.98. The summed E-state index contributed by atoms with van der Waals surface area (Å²) in [6, 6.07) is 6.38. The van der Waals surface area contributed by atoms with E-state index in [2.05, 4.69) is 10.6 Å². The summed E-state index contributed by atoms with van der Waals surface area (Å²) >= 11 is 6.89. The lowest BCUT2D eigenvalue weighted by molar-refractivity contribution is 0.0600. The van der Waals surface area contributed by atoms with E-state index in [-0.39, 0.29) is 11.5 Å². The highest BCUT2D eigenvalue weighted by Crippen LogP contribution is 2.38. The number of carboxylic acid groups (broad SMARTS) is 1. The van der Waals surface area contributed by atoms with Crippen LogP contribution in [0.25, 0.3) is 0 Å². The third-order valence-corrected chi connectivity index (χ3v) is 5.82. The van der Waals surface area contributed by atoms with E-state index in [0.29, 0.717) is 21.4 Å². The van der Waals surface area contributed by atoms with Gasteiger partial charge in [0.2, 0.25) is 0 Å². The van der Waals surface area contributed by atoms with Crippen LogP contribution < -0.4 is 10.6 Å². The first kappa shape index (κ1) is 19.3. The van der Waals surface area contributed by atoms with Crippen molar-refractivity contribution >= 4 is 51.3 Å². The van der Waals surface area contributed by atoms with E-state index >= 15 is 0 Å². The van der Waals surface area contributed by atoms with Crippen molar-refractivity contribution in [2.24, 2.45) is 0 Å². The summed E-state index contributed by atoms with van der Waals surface area (Å²) in [4.78, 5) is 24.7. The molecular weight excluding hydrogens is 384 g/mol. The minimum atomic E-state index is -1.01. The number of rotatable bonds is 4. The molecule has 0 atom stereocenters. The molecule has 1 aliphatic carbocycles. The van der Waals surface area contributed by atoms with E-state index < -0.39 is 5.97 Å². The Hall–Kier alpha value is -2.45. The van der Waals surface area contributed by atoms with Crippen molar-refractivity contribution in [2.75, 3.05) is 17.7 Å². The molecule has 3 N–H and O–H groups in total. The molecule has 1 aliphatic rings. The molecule has 3 rings (SSSR count). The highest BCUT2D eigenvalue weighted by atomic mass is 32.1. The minimum absolute atomic E-state index is 0.167. The fourth-order valence-corrected chi connectivity index (χ4v) is 4.71. The lowest BCUT2D eigenvalue weighted by Crippen LogP contribution is -2.20. The van der Waals surface area contributed by atoms with E-state index in [1.807, 2.05) is 0 Å². The zero-order valence-electron chi connectivity index (χ0n) is 14.8. The first-order valence-electron chi connectivity index (χ1n) is 8.64. The summed E-state index contributed by atoms with van der Waals surface area (Å²) in [5.41, 5.74) is 2.34. The molecule has 1 aromatic heterocycles. The van der Waals surface area contributed by atoms with E-state index in [1.54, 1.807) is 12.1 Å². The van der Waals surface area contributed by atoms with E-state index in [0.717, 1.165) is 37.7 Å². The number of carbonyl (C=O) groups is 2. The van der Waals surface area contributed by atoms with Gasteiger partial charge in [-0.3, -0.25) is 0 Å². The molecule has 8 heteroatoms. The van der Waals surface area contributed by atoms with Crippen molar-refractivity contribution in [1.82, 2.24) is 0 Å². The second-order valence-electron chi connectivity index (χ2n) is 6.23. The van der Waals surface area contributed by atoms with Crippen LogP contribution in [0.5, 0.6) is 0 Å². The number of aryl methyl sites for hydroxylation is 1. The monoisotopic (exact) mass is 404 g/mol. The number of methoxy groups -OCH3 is 1. The number of benzene rings is 1. The highest BCUT2D eigenvalue weighted by molar-refractivity contribution is 7.80. The first-order chi connectivity index (χ1) is 13.0. The van der Waals surface area contributed by atoms with Crippen molar-refractivity contribution in [3.05, 3.63) is 45.8 Å². The number of ether oxygens (including phenoxy) is 1. The van der Waals surface area contributed by atoms with E-state index in [4.69, 9.17) is 22.1 Å². The van der Waals surface area contributed by atoms with Gasteiger partial charge in [0.1, 0.15) is 5.00 Å². The second-order valence-corrected chi connectivity index (χ2v) is 7.74. The summed E-state index contributed by atoms with van der Waals surface area (Å²) in [5, 5.41) is 16.1. The predicted molar refractivity (Wildman–Crippen MR) is 110 cm³/mol. The second kappa shape index (κ2) is 8.49. The van der Waals surface area contributed by atoms with Crippen LogP contribution in [0.2, 0.25) is 0 Å². The maximum absolute atomic E-state index is 12.4. The van der Waals surface area contributed by atoms with Gasteiger partial charge in [0.15, 0.2) is 5.11 Å². The van der Waals surface area contributed by atoms with Gasteiger partial charge in [-0.05, 0) is 61.7 Å². The van der Waals surface area contributed by atoms with Gasteiger partial charge >= 0.3 is 11.9 Å². The Morgan fingerprint density at radius 3 is 2.70 bits per heavy atom. The van der Waals surface area contributed by atoms with Crippen LogP contribution in [0.1, 0.15) is 50.4 Å². The molecule has 27 heavy (non-hydrogen) atoms. The maximum atomic E-state index is 12.4. The Balaban J connectivity index is 1.82. The Labute approximate surface area is 166 Å². The Morgan fingerprint density at radius 2 is 1.96 bits per heavy atom. The number of anilines is 2. The molecular formula is C19H20N2O4S2. The normalized spacial score (nSPS) is 13.2. The number of hydrogen-bond donors (Lipinski definition) is 3. The predicted octanol–water partition coefficient (Wildman–Crippen LogP) is 4.31. The van der Waals surface area contributed by atoms with Crippen LogP contribution in [0.4, 0.5) is 10.7 Å². The fraction of sp³-hybridized carbons (Fsp3) is 0.316. The number of carbonyl (C=O) groups excluding carboxylic acids is 1.